The van der Waals surface area contributed by atoms with Gasteiger partial charge in [-0.15, -0.1) is 0 Å². The van der Waals surface area contributed by atoms with Crippen molar-refractivity contribution in [3.05, 3.63) is 60.2 Å². The van der Waals surface area contributed by atoms with Crippen molar-refractivity contribution in [3.8, 4) is 5.75 Å². The standard InChI is InChI=1S/C15H15N3O2/c19-14-9-5-4-6-12(14)10-17-18-15(20)11-16-13-7-2-1-3-8-13/h1-10,16,19H,11H2,(H,18,20). The number of hydrogen-bond donors (Lipinski definition) is 3. The minimum atomic E-state index is -0.263. The molecule has 2 rings (SSSR count). The van der Waals surface area contributed by atoms with Gasteiger partial charge in [-0.05, 0) is 24.3 Å². The summed E-state index contributed by atoms with van der Waals surface area (Å²) in [6, 6.07) is 16.2. The van der Waals surface area contributed by atoms with E-state index in [0.29, 0.717) is 5.56 Å². The minimum Gasteiger partial charge on any atom is -0.507 e. The molecule has 0 saturated carbocycles. The number of benzene rings is 2. The molecule has 0 heterocycles. The van der Waals surface area contributed by atoms with Gasteiger partial charge in [0.15, 0.2) is 0 Å². The molecule has 0 aliphatic heterocycles. The highest BCUT2D eigenvalue weighted by molar-refractivity contribution is 5.86. The molecule has 0 unspecified atom stereocenters. The minimum absolute atomic E-state index is 0.118. The molecule has 0 atom stereocenters. The van der Waals surface area contributed by atoms with Crippen LogP contribution in [0, 0.1) is 0 Å². The van der Waals surface area contributed by atoms with Gasteiger partial charge >= 0.3 is 0 Å². The number of anilines is 1. The van der Waals surface area contributed by atoms with E-state index in [4.69, 9.17) is 0 Å². The number of rotatable bonds is 5. The lowest BCUT2D eigenvalue weighted by atomic mass is 10.2. The number of para-hydroxylation sites is 2. The lowest BCUT2D eigenvalue weighted by Gasteiger charge is -2.04. The van der Waals surface area contributed by atoms with Crippen LogP contribution in [0.5, 0.6) is 5.75 Å². The molecular weight excluding hydrogens is 254 g/mol. The number of aromatic hydroxyl groups is 1. The Balaban J connectivity index is 1.79. The first-order chi connectivity index (χ1) is 9.75. The fourth-order valence-electron chi connectivity index (χ4n) is 1.55. The molecule has 0 bridgehead atoms. The highest BCUT2D eigenvalue weighted by Crippen LogP contribution is 2.12. The van der Waals surface area contributed by atoms with Gasteiger partial charge in [0.2, 0.25) is 0 Å². The largest absolute Gasteiger partial charge is 0.507 e. The molecule has 0 fully saturated rings. The Bertz CT molecular complexity index is 597. The number of hydrazone groups is 1. The van der Waals surface area contributed by atoms with Crippen molar-refractivity contribution >= 4 is 17.8 Å². The number of amides is 1. The Morgan fingerprint density at radius 3 is 2.55 bits per heavy atom. The van der Waals surface area contributed by atoms with E-state index in [-0.39, 0.29) is 18.2 Å². The average molecular weight is 269 g/mol. The number of nitrogens with one attached hydrogen (secondary N) is 2. The number of phenols is 1. The van der Waals surface area contributed by atoms with E-state index in [1.807, 2.05) is 30.3 Å². The van der Waals surface area contributed by atoms with Gasteiger partial charge in [-0.2, -0.15) is 5.10 Å². The molecule has 2 aromatic carbocycles. The second-order valence-electron chi connectivity index (χ2n) is 4.07. The van der Waals surface area contributed by atoms with E-state index in [0.717, 1.165) is 5.69 Å². The lowest BCUT2D eigenvalue weighted by molar-refractivity contribution is -0.119. The van der Waals surface area contributed by atoms with Gasteiger partial charge in [0.25, 0.3) is 5.91 Å². The first-order valence-corrected chi connectivity index (χ1v) is 6.14. The monoisotopic (exact) mass is 269 g/mol. The first-order valence-electron chi connectivity index (χ1n) is 6.14. The number of carbonyl (C=O) groups is 1. The van der Waals surface area contributed by atoms with Crippen LogP contribution in [-0.2, 0) is 4.79 Å². The topological polar surface area (TPSA) is 73.7 Å². The lowest BCUT2D eigenvalue weighted by Crippen LogP contribution is -2.25. The van der Waals surface area contributed by atoms with Crippen LogP contribution in [0.1, 0.15) is 5.56 Å². The molecule has 0 saturated heterocycles. The SMILES string of the molecule is O=C(CNc1ccccc1)NN=Cc1ccccc1O. The maximum atomic E-state index is 11.5. The molecule has 0 radical (unpaired) electrons. The van der Waals surface area contributed by atoms with Crippen LogP contribution in [0.25, 0.3) is 0 Å². The normalized spacial score (nSPS) is 10.4. The fourth-order valence-corrected chi connectivity index (χ4v) is 1.55. The summed E-state index contributed by atoms with van der Waals surface area (Å²) in [7, 11) is 0. The van der Waals surface area contributed by atoms with Crippen molar-refractivity contribution in [1.29, 1.82) is 0 Å². The van der Waals surface area contributed by atoms with Gasteiger partial charge in [0.1, 0.15) is 5.75 Å². The highest BCUT2D eigenvalue weighted by Gasteiger charge is 1.99. The van der Waals surface area contributed by atoms with E-state index in [9.17, 15) is 9.90 Å². The zero-order chi connectivity index (χ0) is 14.2. The molecule has 2 aromatic rings. The van der Waals surface area contributed by atoms with Crippen LogP contribution < -0.4 is 10.7 Å². The van der Waals surface area contributed by atoms with E-state index in [1.54, 1.807) is 24.3 Å². The Morgan fingerprint density at radius 2 is 1.80 bits per heavy atom. The molecule has 5 nitrogen and oxygen atoms in total. The maximum Gasteiger partial charge on any atom is 0.259 e. The van der Waals surface area contributed by atoms with Crippen molar-refractivity contribution < 1.29 is 9.90 Å². The summed E-state index contributed by atoms with van der Waals surface area (Å²) in [5.74, 6) is -0.145. The first kappa shape index (κ1) is 13.6. The summed E-state index contributed by atoms with van der Waals surface area (Å²) in [5.41, 5.74) is 3.80. The quantitative estimate of drug-likeness (QED) is 0.574. The molecule has 5 heteroatoms. The van der Waals surface area contributed by atoms with Gasteiger partial charge < -0.3 is 10.4 Å². The summed E-state index contributed by atoms with van der Waals surface area (Å²) in [5, 5.41) is 16.3. The maximum absolute atomic E-state index is 11.5. The molecule has 102 valence electrons. The molecule has 0 spiro atoms. The summed E-state index contributed by atoms with van der Waals surface area (Å²) < 4.78 is 0. The molecule has 0 aromatic heterocycles. The predicted octanol–water partition coefficient (Wildman–Crippen LogP) is 1.95. The third kappa shape index (κ3) is 4.13. The summed E-state index contributed by atoms with van der Waals surface area (Å²) in [6.45, 7) is 0.127. The van der Waals surface area contributed by atoms with E-state index in [2.05, 4.69) is 15.8 Å². The smallest absolute Gasteiger partial charge is 0.259 e. The zero-order valence-corrected chi connectivity index (χ0v) is 10.8. The molecule has 0 aliphatic rings. The zero-order valence-electron chi connectivity index (χ0n) is 10.8. The second-order valence-corrected chi connectivity index (χ2v) is 4.07. The van der Waals surface area contributed by atoms with Gasteiger partial charge in [0, 0.05) is 11.3 Å². The van der Waals surface area contributed by atoms with Crippen LogP contribution in [0.15, 0.2) is 59.7 Å². The number of phenolic OH excluding ortho intramolecular Hbond substituents is 1. The molecule has 1 amide bonds. The Labute approximate surface area is 117 Å². The van der Waals surface area contributed by atoms with Crippen molar-refractivity contribution in [1.82, 2.24) is 5.43 Å². The predicted molar refractivity (Wildman–Crippen MR) is 78.8 cm³/mol. The van der Waals surface area contributed by atoms with Crippen LogP contribution in [-0.4, -0.2) is 23.8 Å². The fraction of sp³-hybridized carbons (Fsp3) is 0.0667. The van der Waals surface area contributed by atoms with Crippen molar-refractivity contribution in [2.24, 2.45) is 5.10 Å². The van der Waals surface area contributed by atoms with Gasteiger partial charge in [-0.1, -0.05) is 30.3 Å². The van der Waals surface area contributed by atoms with Crippen molar-refractivity contribution in [2.45, 2.75) is 0 Å². The summed E-state index contributed by atoms with van der Waals surface area (Å²) in [6.07, 6.45) is 1.40. The highest BCUT2D eigenvalue weighted by atomic mass is 16.3. The summed E-state index contributed by atoms with van der Waals surface area (Å²) in [4.78, 5) is 11.5. The van der Waals surface area contributed by atoms with Crippen LogP contribution >= 0.6 is 0 Å². The second kappa shape index (κ2) is 6.94. The van der Waals surface area contributed by atoms with Gasteiger partial charge in [-0.3, -0.25) is 4.79 Å². The van der Waals surface area contributed by atoms with E-state index >= 15 is 0 Å². The molecule has 0 aliphatic carbocycles. The Hall–Kier alpha value is -2.82. The van der Waals surface area contributed by atoms with E-state index in [1.165, 1.54) is 6.21 Å². The Morgan fingerprint density at radius 1 is 1.10 bits per heavy atom. The third-order valence-corrected chi connectivity index (χ3v) is 2.56. The number of carbonyl (C=O) groups excluding carboxylic acids is 1. The Kier molecular flexibility index (Phi) is 4.72. The van der Waals surface area contributed by atoms with Crippen LogP contribution in [0.2, 0.25) is 0 Å². The average Bonchev–Trinajstić information content (AvgIpc) is 2.48. The van der Waals surface area contributed by atoms with Crippen molar-refractivity contribution in [2.75, 3.05) is 11.9 Å². The van der Waals surface area contributed by atoms with Crippen LogP contribution in [0.3, 0.4) is 0 Å². The molecular formula is C15H15N3O2. The van der Waals surface area contributed by atoms with E-state index < -0.39 is 0 Å². The summed E-state index contributed by atoms with van der Waals surface area (Å²) >= 11 is 0. The number of hydrogen-bond acceptors (Lipinski definition) is 4. The van der Waals surface area contributed by atoms with Crippen molar-refractivity contribution in [3.63, 3.8) is 0 Å². The number of nitrogens with zero attached hydrogens (tertiary/aromatic N) is 1. The van der Waals surface area contributed by atoms with Crippen LogP contribution in [0.4, 0.5) is 5.69 Å². The molecule has 20 heavy (non-hydrogen) atoms. The molecule has 3 N–H and O–H groups in total. The third-order valence-electron chi connectivity index (χ3n) is 2.56. The van der Waals surface area contributed by atoms with Gasteiger partial charge in [0.05, 0.1) is 12.8 Å². The van der Waals surface area contributed by atoms with Gasteiger partial charge in [-0.25, -0.2) is 5.43 Å².